The van der Waals surface area contributed by atoms with Crippen molar-refractivity contribution in [1.29, 1.82) is 0 Å². The maximum atomic E-state index is 12.1. The Kier molecular flexibility index (Phi) is 5.42. The largest absolute Gasteiger partial charge is 0.491 e. The summed E-state index contributed by atoms with van der Waals surface area (Å²) in [6.07, 6.45) is 1.67. The van der Waals surface area contributed by atoms with E-state index < -0.39 is 0 Å². The van der Waals surface area contributed by atoms with Crippen molar-refractivity contribution in [2.45, 2.75) is 13.5 Å². The lowest BCUT2D eigenvalue weighted by Gasteiger charge is -2.10. The number of ether oxygens (including phenoxy) is 1. The second-order valence-electron chi connectivity index (χ2n) is 4.21. The zero-order valence-electron chi connectivity index (χ0n) is 11.4. The van der Waals surface area contributed by atoms with E-state index in [-0.39, 0.29) is 5.91 Å². The second kappa shape index (κ2) is 7.29. The van der Waals surface area contributed by atoms with E-state index in [0.717, 1.165) is 5.69 Å². The highest BCUT2D eigenvalue weighted by atomic mass is 35.5. The first kappa shape index (κ1) is 15.6. The minimum Gasteiger partial charge on any atom is -0.491 e. The van der Waals surface area contributed by atoms with Crippen molar-refractivity contribution < 1.29 is 9.53 Å². The van der Waals surface area contributed by atoms with Crippen LogP contribution in [0, 0.1) is 0 Å². The SMILES string of the molecule is CCOc1c(Cl)cc(C(=O)NCc2ccccn2)cc1Cl. The first-order valence-electron chi connectivity index (χ1n) is 6.41. The van der Waals surface area contributed by atoms with Crippen molar-refractivity contribution in [2.75, 3.05) is 6.61 Å². The van der Waals surface area contributed by atoms with Crippen molar-refractivity contribution >= 4 is 29.1 Å². The standard InChI is InChI=1S/C15H14Cl2N2O2/c1-2-21-14-12(16)7-10(8-13(14)17)15(20)19-9-11-5-3-4-6-18-11/h3-8H,2,9H2,1H3,(H,19,20). The van der Waals surface area contributed by atoms with Gasteiger partial charge in [0.05, 0.1) is 28.9 Å². The van der Waals surface area contributed by atoms with Crippen molar-refractivity contribution in [2.24, 2.45) is 0 Å². The van der Waals surface area contributed by atoms with Gasteiger partial charge in [-0.15, -0.1) is 0 Å². The van der Waals surface area contributed by atoms with Crippen molar-refractivity contribution in [1.82, 2.24) is 10.3 Å². The molecule has 1 amide bonds. The molecule has 2 aromatic rings. The van der Waals surface area contributed by atoms with Crippen LogP contribution in [0.1, 0.15) is 23.0 Å². The molecule has 0 aliphatic heterocycles. The van der Waals surface area contributed by atoms with E-state index in [1.165, 1.54) is 12.1 Å². The summed E-state index contributed by atoms with van der Waals surface area (Å²) in [4.78, 5) is 16.2. The zero-order chi connectivity index (χ0) is 15.2. The van der Waals surface area contributed by atoms with Gasteiger partial charge in [-0.25, -0.2) is 0 Å². The summed E-state index contributed by atoms with van der Waals surface area (Å²) in [6, 6.07) is 8.58. The summed E-state index contributed by atoms with van der Waals surface area (Å²) in [5.41, 5.74) is 1.15. The number of aromatic nitrogens is 1. The highest BCUT2D eigenvalue weighted by Crippen LogP contribution is 2.34. The van der Waals surface area contributed by atoms with Crippen LogP contribution >= 0.6 is 23.2 Å². The van der Waals surface area contributed by atoms with Crippen LogP contribution < -0.4 is 10.1 Å². The summed E-state index contributed by atoms with van der Waals surface area (Å²) in [7, 11) is 0. The van der Waals surface area contributed by atoms with Gasteiger partial charge in [-0.1, -0.05) is 29.3 Å². The average Bonchev–Trinajstić information content (AvgIpc) is 2.49. The molecular formula is C15H14Cl2N2O2. The van der Waals surface area contributed by atoms with E-state index in [2.05, 4.69) is 10.3 Å². The number of rotatable bonds is 5. The van der Waals surface area contributed by atoms with Gasteiger partial charge in [0.1, 0.15) is 0 Å². The Balaban J connectivity index is 2.09. The molecule has 0 aliphatic carbocycles. The number of carbonyl (C=O) groups excluding carboxylic acids is 1. The van der Waals surface area contributed by atoms with Crippen LogP contribution in [0.25, 0.3) is 0 Å². The Hall–Kier alpha value is -1.78. The highest BCUT2D eigenvalue weighted by molar-refractivity contribution is 6.37. The molecule has 1 N–H and O–H groups in total. The molecule has 6 heteroatoms. The number of hydrogen-bond donors (Lipinski definition) is 1. The molecule has 0 atom stereocenters. The quantitative estimate of drug-likeness (QED) is 0.911. The van der Waals surface area contributed by atoms with Crippen LogP contribution in [0.15, 0.2) is 36.5 Å². The molecular weight excluding hydrogens is 311 g/mol. The van der Waals surface area contributed by atoms with Crippen molar-refractivity contribution in [3.05, 3.63) is 57.8 Å². The molecule has 21 heavy (non-hydrogen) atoms. The minimum absolute atomic E-state index is 0.271. The number of pyridine rings is 1. The van der Waals surface area contributed by atoms with E-state index in [9.17, 15) is 4.79 Å². The lowest BCUT2D eigenvalue weighted by atomic mass is 10.2. The highest BCUT2D eigenvalue weighted by Gasteiger charge is 2.13. The van der Waals surface area contributed by atoms with Crippen molar-refractivity contribution in [3.8, 4) is 5.75 Å². The molecule has 0 saturated heterocycles. The maximum Gasteiger partial charge on any atom is 0.251 e. The summed E-state index contributed by atoms with van der Waals surface area (Å²) in [6.45, 7) is 2.62. The molecule has 0 spiro atoms. The molecule has 1 aromatic heterocycles. The Morgan fingerprint density at radius 2 is 2.00 bits per heavy atom. The monoisotopic (exact) mass is 324 g/mol. The fourth-order valence-electron chi connectivity index (χ4n) is 1.75. The Morgan fingerprint density at radius 1 is 1.29 bits per heavy atom. The first-order chi connectivity index (χ1) is 10.1. The van der Waals surface area contributed by atoms with Crippen LogP contribution in [-0.4, -0.2) is 17.5 Å². The molecule has 110 valence electrons. The van der Waals surface area contributed by atoms with Crippen molar-refractivity contribution in [3.63, 3.8) is 0 Å². The molecule has 2 rings (SSSR count). The van der Waals surface area contributed by atoms with E-state index in [0.29, 0.717) is 34.5 Å². The van der Waals surface area contributed by atoms with Gasteiger partial charge in [-0.05, 0) is 31.2 Å². The van der Waals surface area contributed by atoms with Gasteiger partial charge in [-0.3, -0.25) is 9.78 Å². The molecule has 0 fully saturated rings. The van der Waals surface area contributed by atoms with E-state index >= 15 is 0 Å². The Labute approximate surface area is 133 Å². The molecule has 0 aliphatic rings. The van der Waals surface area contributed by atoms with Crippen LogP contribution in [0.4, 0.5) is 0 Å². The van der Waals surface area contributed by atoms with Crippen LogP contribution in [-0.2, 0) is 6.54 Å². The zero-order valence-corrected chi connectivity index (χ0v) is 12.9. The Bertz CT molecular complexity index is 610. The fourth-order valence-corrected chi connectivity index (χ4v) is 2.34. The van der Waals surface area contributed by atoms with E-state index in [1.807, 2.05) is 25.1 Å². The fraction of sp³-hybridized carbons (Fsp3) is 0.200. The van der Waals surface area contributed by atoms with Crippen LogP contribution in [0.5, 0.6) is 5.75 Å². The second-order valence-corrected chi connectivity index (χ2v) is 5.02. The predicted octanol–water partition coefficient (Wildman–Crippen LogP) is 3.72. The Morgan fingerprint density at radius 3 is 2.57 bits per heavy atom. The maximum absolute atomic E-state index is 12.1. The third-order valence-corrected chi connectivity index (χ3v) is 3.27. The molecule has 1 heterocycles. The number of amides is 1. The predicted molar refractivity (Wildman–Crippen MR) is 83.0 cm³/mol. The van der Waals surface area contributed by atoms with E-state index in [1.54, 1.807) is 6.20 Å². The van der Waals surface area contributed by atoms with Crippen LogP contribution in [0.3, 0.4) is 0 Å². The molecule has 4 nitrogen and oxygen atoms in total. The third kappa shape index (κ3) is 4.09. The van der Waals surface area contributed by atoms with Gasteiger partial charge < -0.3 is 10.1 Å². The van der Waals surface area contributed by atoms with Gasteiger partial charge in [0.15, 0.2) is 5.75 Å². The number of hydrogen-bond acceptors (Lipinski definition) is 3. The minimum atomic E-state index is -0.271. The number of nitrogens with one attached hydrogen (secondary N) is 1. The van der Waals surface area contributed by atoms with Gasteiger partial charge in [-0.2, -0.15) is 0 Å². The molecule has 0 radical (unpaired) electrons. The number of carbonyl (C=O) groups is 1. The molecule has 1 aromatic carbocycles. The molecule has 0 unspecified atom stereocenters. The number of nitrogens with zero attached hydrogens (tertiary/aromatic N) is 1. The third-order valence-electron chi connectivity index (χ3n) is 2.71. The van der Waals surface area contributed by atoms with Gasteiger partial charge in [0, 0.05) is 11.8 Å². The van der Waals surface area contributed by atoms with Crippen LogP contribution in [0.2, 0.25) is 10.0 Å². The number of benzene rings is 1. The summed E-state index contributed by atoms with van der Waals surface area (Å²) < 4.78 is 5.33. The van der Waals surface area contributed by atoms with Gasteiger partial charge >= 0.3 is 0 Å². The summed E-state index contributed by atoms with van der Waals surface area (Å²) >= 11 is 12.1. The summed E-state index contributed by atoms with van der Waals surface area (Å²) in [5, 5.41) is 3.39. The smallest absolute Gasteiger partial charge is 0.251 e. The van der Waals surface area contributed by atoms with Gasteiger partial charge in [0.2, 0.25) is 0 Å². The average molecular weight is 325 g/mol. The van der Waals surface area contributed by atoms with E-state index in [4.69, 9.17) is 27.9 Å². The first-order valence-corrected chi connectivity index (χ1v) is 7.17. The lowest BCUT2D eigenvalue weighted by molar-refractivity contribution is 0.0950. The molecule has 0 bridgehead atoms. The number of halogens is 2. The lowest BCUT2D eigenvalue weighted by Crippen LogP contribution is -2.23. The molecule has 0 saturated carbocycles. The summed E-state index contributed by atoms with van der Waals surface area (Å²) in [5.74, 6) is 0.120. The van der Waals surface area contributed by atoms with Gasteiger partial charge in [0.25, 0.3) is 5.91 Å². The normalized spacial score (nSPS) is 10.2. The topological polar surface area (TPSA) is 51.2 Å².